The van der Waals surface area contributed by atoms with Crippen LogP contribution in [0.2, 0.25) is 0 Å². The summed E-state index contributed by atoms with van der Waals surface area (Å²) in [5.74, 6) is -5.25. The molecule has 2 heterocycles. The topological polar surface area (TPSA) is 51.0 Å². The van der Waals surface area contributed by atoms with Gasteiger partial charge in [0.15, 0.2) is 17.5 Å². The lowest BCUT2D eigenvalue weighted by molar-refractivity contribution is -0.148. The van der Waals surface area contributed by atoms with Crippen molar-refractivity contribution in [3.05, 3.63) is 58.4 Å². The fraction of sp³-hybridized carbons (Fsp3) is 0.450. The van der Waals surface area contributed by atoms with Crippen molar-refractivity contribution in [2.24, 2.45) is 5.92 Å². The molecule has 0 spiro atoms. The van der Waals surface area contributed by atoms with Gasteiger partial charge in [0.2, 0.25) is 11.7 Å². The molecule has 2 aromatic rings. The van der Waals surface area contributed by atoms with Crippen LogP contribution in [0.1, 0.15) is 42.9 Å². The van der Waals surface area contributed by atoms with Crippen molar-refractivity contribution in [3.63, 3.8) is 0 Å². The van der Waals surface area contributed by atoms with E-state index in [0.29, 0.717) is 11.6 Å². The Balaban J connectivity index is 1.50. The molecule has 4 rings (SSSR count). The van der Waals surface area contributed by atoms with E-state index in [9.17, 15) is 31.1 Å². The molecule has 0 saturated heterocycles. The molecule has 1 aromatic carbocycles. The summed E-state index contributed by atoms with van der Waals surface area (Å²) in [6.07, 6.45) is -2.46. The number of hydrogen-bond acceptors (Lipinski definition) is 3. The molecule has 0 fully saturated rings. The van der Waals surface area contributed by atoms with E-state index in [1.807, 2.05) is 0 Å². The number of alkyl halides is 3. The standard InChI is InChI=1S/C20H18F6N4O/c1-10-6-11(2-3-12(10)13-7-15(22)16(23)8-14(13)21)18(31)29-4-5-30-17(9-29)27-28-19(30)20(24,25)26/h2,7-8,10,12H,3-6,9H2,1H3/t10-,12-/m0/s1. The van der Waals surface area contributed by atoms with Crippen LogP contribution in [0.15, 0.2) is 23.8 Å². The third-order valence-corrected chi connectivity index (χ3v) is 5.85. The average molecular weight is 444 g/mol. The lowest BCUT2D eigenvalue weighted by Gasteiger charge is -2.33. The molecule has 1 aromatic heterocycles. The van der Waals surface area contributed by atoms with Crippen molar-refractivity contribution in [1.29, 1.82) is 0 Å². The molecule has 1 aliphatic heterocycles. The van der Waals surface area contributed by atoms with Crippen molar-refractivity contribution in [1.82, 2.24) is 19.7 Å². The van der Waals surface area contributed by atoms with Gasteiger partial charge in [-0.25, -0.2) is 13.2 Å². The Kier molecular flexibility index (Phi) is 5.30. The SMILES string of the molecule is C[C@H]1CC(C(=O)N2CCn3c(nnc3C(F)(F)F)C2)=CC[C@@H]1c1cc(F)c(F)cc1F. The number of aromatic nitrogens is 3. The Labute approximate surface area is 173 Å². The minimum absolute atomic E-state index is 0.0538. The van der Waals surface area contributed by atoms with Gasteiger partial charge >= 0.3 is 6.18 Å². The van der Waals surface area contributed by atoms with Crippen molar-refractivity contribution >= 4 is 5.91 Å². The summed E-state index contributed by atoms with van der Waals surface area (Å²) in [5.41, 5.74) is 0.510. The lowest BCUT2D eigenvalue weighted by atomic mass is 9.76. The first-order valence-corrected chi connectivity index (χ1v) is 9.68. The molecule has 0 N–H and O–H groups in total. The lowest BCUT2D eigenvalue weighted by Crippen LogP contribution is -2.40. The Morgan fingerprint density at radius 1 is 1.06 bits per heavy atom. The molecule has 0 bridgehead atoms. The smallest absolute Gasteiger partial charge is 0.330 e. The van der Waals surface area contributed by atoms with Gasteiger partial charge in [-0.1, -0.05) is 13.0 Å². The molecule has 1 aliphatic carbocycles. The van der Waals surface area contributed by atoms with Gasteiger partial charge in [0.1, 0.15) is 5.82 Å². The maximum Gasteiger partial charge on any atom is 0.451 e. The summed E-state index contributed by atoms with van der Waals surface area (Å²) in [7, 11) is 0. The predicted octanol–water partition coefficient (Wildman–Crippen LogP) is 4.20. The molecule has 166 valence electrons. The quantitative estimate of drug-likeness (QED) is 0.516. The number of halogens is 6. The summed E-state index contributed by atoms with van der Waals surface area (Å²) < 4.78 is 80.8. The van der Waals surface area contributed by atoms with Crippen LogP contribution in [0.3, 0.4) is 0 Å². The van der Waals surface area contributed by atoms with Crippen LogP contribution in [0.4, 0.5) is 26.3 Å². The average Bonchev–Trinajstić information content (AvgIpc) is 3.14. The Morgan fingerprint density at radius 3 is 2.45 bits per heavy atom. The van der Waals surface area contributed by atoms with E-state index in [-0.39, 0.29) is 55.7 Å². The van der Waals surface area contributed by atoms with Crippen LogP contribution in [0.25, 0.3) is 0 Å². The van der Waals surface area contributed by atoms with Gasteiger partial charge in [-0.15, -0.1) is 10.2 Å². The number of fused-ring (bicyclic) bond motifs is 1. The van der Waals surface area contributed by atoms with Crippen LogP contribution in [0, 0.1) is 23.4 Å². The van der Waals surface area contributed by atoms with Gasteiger partial charge in [0.05, 0.1) is 6.54 Å². The zero-order chi connectivity index (χ0) is 22.5. The van der Waals surface area contributed by atoms with E-state index in [0.717, 1.165) is 10.6 Å². The Morgan fingerprint density at radius 2 is 1.77 bits per heavy atom. The number of allylic oxidation sites excluding steroid dienone is 1. The third kappa shape index (κ3) is 3.92. The molecule has 2 atom stereocenters. The number of carbonyl (C=O) groups is 1. The van der Waals surface area contributed by atoms with E-state index < -0.39 is 35.4 Å². The van der Waals surface area contributed by atoms with E-state index in [2.05, 4.69) is 10.2 Å². The molecular formula is C20H18F6N4O. The monoisotopic (exact) mass is 444 g/mol. The second kappa shape index (κ2) is 7.69. The number of amides is 1. The van der Waals surface area contributed by atoms with Crippen molar-refractivity contribution in [2.75, 3.05) is 6.54 Å². The highest BCUT2D eigenvalue weighted by Gasteiger charge is 2.40. The number of nitrogens with zero attached hydrogens (tertiary/aromatic N) is 4. The van der Waals surface area contributed by atoms with Crippen molar-refractivity contribution in [2.45, 2.75) is 44.9 Å². The van der Waals surface area contributed by atoms with E-state index in [1.165, 1.54) is 4.90 Å². The molecular weight excluding hydrogens is 426 g/mol. The highest BCUT2D eigenvalue weighted by Crippen LogP contribution is 2.39. The molecule has 0 unspecified atom stereocenters. The maximum absolute atomic E-state index is 14.2. The van der Waals surface area contributed by atoms with Gasteiger partial charge in [-0.2, -0.15) is 13.2 Å². The second-order valence-corrected chi connectivity index (χ2v) is 7.86. The Bertz CT molecular complexity index is 1060. The third-order valence-electron chi connectivity index (χ3n) is 5.85. The molecule has 11 heteroatoms. The van der Waals surface area contributed by atoms with E-state index >= 15 is 0 Å². The van der Waals surface area contributed by atoms with Gasteiger partial charge in [-0.3, -0.25) is 4.79 Å². The van der Waals surface area contributed by atoms with Gasteiger partial charge in [0.25, 0.3) is 0 Å². The normalized spacial score (nSPS) is 21.6. The fourth-order valence-corrected chi connectivity index (χ4v) is 4.25. The summed E-state index contributed by atoms with van der Waals surface area (Å²) >= 11 is 0. The fourth-order valence-electron chi connectivity index (χ4n) is 4.25. The van der Waals surface area contributed by atoms with Crippen LogP contribution in [0.5, 0.6) is 0 Å². The number of carbonyl (C=O) groups excluding carboxylic acids is 1. The summed E-state index contributed by atoms with van der Waals surface area (Å²) in [6, 6.07) is 1.36. The number of hydrogen-bond donors (Lipinski definition) is 0. The molecule has 0 saturated carbocycles. The van der Waals surface area contributed by atoms with E-state index in [4.69, 9.17) is 0 Å². The molecule has 2 aliphatic rings. The summed E-state index contributed by atoms with van der Waals surface area (Å²) in [4.78, 5) is 14.3. The second-order valence-electron chi connectivity index (χ2n) is 7.86. The van der Waals surface area contributed by atoms with Crippen molar-refractivity contribution in [3.8, 4) is 0 Å². The minimum Gasteiger partial charge on any atom is -0.330 e. The number of rotatable bonds is 2. The van der Waals surface area contributed by atoms with Crippen LogP contribution >= 0.6 is 0 Å². The van der Waals surface area contributed by atoms with Gasteiger partial charge in [0, 0.05) is 24.7 Å². The van der Waals surface area contributed by atoms with Crippen molar-refractivity contribution < 1.29 is 31.1 Å². The number of benzene rings is 1. The first-order valence-electron chi connectivity index (χ1n) is 9.68. The van der Waals surface area contributed by atoms with Crippen LogP contribution in [-0.2, 0) is 24.1 Å². The highest BCUT2D eigenvalue weighted by molar-refractivity contribution is 5.93. The predicted molar refractivity (Wildman–Crippen MR) is 96.0 cm³/mol. The zero-order valence-corrected chi connectivity index (χ0v) is 16.4. The van der Waals surface area contributed by atoms with E-state index in [1.54, 1.807) is 13.0 Å². The van der Waals surface area contributed by atoms with Crippen LogP contribution < -0.4 is 0 Å². The first kappa shape index (κ1) is 21.4. The zero-order valence-electron chi connectivity index (χ0n) is 16.4. The summed E-state index contributed by atoms with van der Waals surface area (Å²) in [5, 5.41) is 6.76. The van der Waals surface area contributed by atoms with Crippen LogP contribution in [-0.4, -0.2) is 32.1 Å². The molecule has 5 nitrogen and oxygen atoms in total. The largest absolute Gasteiger partial charge is 0.451 e. The highest BCUT2D eigenvalue weighted by atomic mass is 19.4. The first-order chi connectivity index (χ1) is 14.6. The maximum atomic E-state index is 14.2. The summed E-state index contributed by atoms with van der Waals surface area (Å²) in [6.45, 7) is 1.68. The van der Waals surface area contributed by atoms with Gasteiger partial charge < -0.3 is 9.47 Å². The Hall–Kier alpha value is -2.85. The molecule has 1 amide bonds. The molecule has 31 heavy (non-hydrogen) atoms. The van der Waals surface area contributed by atoms with Gasteiger partial charge in [-0.05, 0) is 36.3 Å². The minimum atomic E-state index is -4.62. The molecule has 0 radical (unpaired) electrons.